The molecule has 194 valence electrons. The van der Waals surface area contributed by atoms with Gasteiger partial charge in [0.1, 0.15) is 22.4 Å². The van der Waals surface area contributed by atoms with E-state index in [1.54, 1.807) is 29.8 Å². The van der Waals surface area contributed by atoms with Crippen molar-refractivity contribution >= 4 is 92.8 Å². The van der Waals surface area contributed by atoms with Gasteiger partial charge in [0.15, 0.2) is 11.5 Å². The van der Waals surface area contributed by atoms with Crippen molar-refractivity contribution in [2.24, 2.45) is 0 Å². The summed E-state index contributed by atoms with van der Waals surface area (Å²) in [5.41, 5.74) is 2.88. The van der Waals surface area contributed by atoms with Crippen LogP contribution in [0.3, 0.4) is 0 Å². The SMILES string of the molecule is Cc1nn(Cc2ccc(Cl)c(Cl)c2)c(C)c1NC(=O)c1ccc(COc2c(Cl)c(Cl)c(Cl)c(Cl)c2Cl)o1. The Kier molecular flexibility index (Phi) is 8.81. The molecule has 0 saturated heterocycles. The maximum Gasteiger partial charge on any atom is 0.291 e. The van der Waals surface area contributed by atoms with Gasteiger partial charge in [0, 0.05) is 0 Å². The van der Waals surface area contributed by atoms with Crippen molar-refractivity contribution in [1.29, 1.82) is 0 Å². The van der Waals surface area contributed by atoms with Crippen LogP contribution in [0.15, 0.2) is 34.7 Å². The number of aryl methyl sites for hydroxylation is 1. The van der Waals surface area contributed by atoms with Crippen LogP contribution in [0.4, 0.5) is 5.69 Å². The van der Waals surface area contributed by atoms with Crippen LogP contribution in [-0.2, 0) is 13.2 Å². The topological polar surface area (TPSA) is 69.3 Å². The average Bonchev–Trinajstić information content (AvgIpc) is 3.44. The number of carbonyl (C=O) groups excluding carboxylic acids is 1. The fourth-order valence-electron chi connectivity index (χ4n) is 3.45. The highest BCUT2D eigenvalue weighted by atomic mass is 35.5. The fraction of sp³-hybridized carbons (Fsp3) is 0.167. The number of hydrogen-bond acceptors (Lipinski definition) is 4. The molecular formula is C24H16Cl7N3O3. The van der Waals surface area contributed by atoms with Crippen LogP contribution in [0, 0.1) is 13.8 Å². The molecule has 0 aliphatic heterocycles. The third-order valence-electron chi connectivity index (χ3n) is 5.35. The van der Waals surface area contributed by atoms with Gasteiger partial charge in [-0.25, -0.2) is 0 Å². The summed E-state index contributed by atoms with van der Waals surface area (Å²) in [5.74, 6) is -0.00631. The second-order valence-corrected chi connectivity index (χ2v) is 10.6. The zero-order valence-electron chi connectivity index (χ0n) is 19.1. The number of ether oxygens (including phenoxy) is 1. The molecule has 6 nitrogen and oxygen atoms in total. The first-order valence-corrected chi connectivity index (χ1v) is 13.1. The van der Waals surface area contributed by atoms with E-state index < -0.39 is 5.91 Å². The highest BCUT2D eigenvalue weighted by molar-refractivity contribution is 6.55. The normalized spacial score (nSPS) is 11.2. The van der Waals surface area contributed by atoms with Crippen molar-refractivity contribution in [1.82, 2.24) is 9.78 Å². The summed E-state index contributed by atoms with van der Waals surface area (Å²) in [7, 11) is 0. The van der Waals surface area contributed by atoms with Crippen LogP contribution < -0.4 is 10.1 Å². The molecule has 0 saturated carbocycles. The van der Waals surface area contributed by atoms with Gasteiger partial charge < -0.3 is 14.5 Å². The van der Waals surface area contributed by atoms with Crippen LogP contribution in [0.25, 0.3) is 0 Å². The fourth-order valence-corrected chi connectivity index (χ4v) is 5.00. The Hall–Kier alpha value is -1.77. The van der Waals surface area contributed by atoms with E-state index in [4.69, 9.17) is 90.4 Å². The first-order chi connectivity index (χ1) is 17.5. The number of hydrogen-bond donors (Lipinski definition) is 1. The summed E-state index contributed by atoms with van der Waals surface area (Å²) >= 11 is 42.6. The van der Waals surface area contributed by atoms with E-state index in [0.29, 0.717) is 33.7 Å². The molecule has 0 radical (unpaired) electrons. The number of nitrogens with zero attached hydrogens (tertiary/aromatic N) is 2. The van der Waals surface area contributed by atoms with Crippen LogP contribution in [0.2, 0.25) is 35.2 Å². The number of benzene rings is 2. The number of rotatable bonds is 7. The number of carbonyl (C=O) groups is 1. The van der Waals surface area contributed by atoms with Gasteiger partial charge in [0.2, 0.25) is 0 Å². The number of amides is 1. The Morgan fingerprint density at radius 2 is 1.57 bits per heavy atom. The number of aromatic nitrogens is 2. The largest absolute Gasteiger partial charge is 0.482 e. The predicted molar refractivity (Wildman–Crippen MR) is 150 cm³/mol. The lowest BCUT2D eigenvalue weighted by atomic mass is 10.2. The minimum absolute atomic E-state index is 0.00873. The summed E-state index contributed by atoms with van der Waals surface area (Å²) in [5, 5.41) is 8.37. The number of anilines is 1. The molecule has 0 unspecified atom stereocenters. The molecule has 0 spiro atoms. The molecule has 1 amide bonds. The second-order valence-electron chi connectivity index (χ2n) is 7.86. The molecule has 4 rings (SSSR count). The van der Waals surface area contributed by atoms with Gasteiger partial charge in [0.05, 0.1) is 48.7 Å². The van der Waals surface area contributed by atoms with Crippen molar-refractivity contribution < 1.29 is 13.9 Å². The predicted octanol–water partition coefficient (Wildman–Crippen LogP) is 9.55. The summed E-state index contributed by atoms with van der Waals surface area (Å²) in [6.07, 6.45) is 0. The van der Waals surface area contributed by atoms with Gasteiger partial charge in [0.25, 0.3) is 5.91 Å². The highest BCUT2D eigenvalue weighted by Gasteiger charge is 2.22. The van der Waals surface area contributed by atoms with E-state index in [9.17, 15) is 4.79 Å². The first-order valence-electron chi connectivity index (χ1n) is 10.5. The third-order valence-corrected chi connectivity index (χ3v) is 8.33. The Labute approximate surface area is 247 Å². The van der Waals surface area contributed by atoms with Gasteiger partial charge in [-0.05, 0) is 43.7 Å². The molecule has 4 aromatic rings. The van der Waals surface area contributed by atoms with Crippen LogP contribution in [-0.4, -0.2) is 15.7 Å². The van der Waals surface area contributed by atoms with E-state index in [2.05, 4.69) is 10.4 Å². The molecule has 1 N–H and O–H groups in total. The van der Waals surface area contributed by atoms with Crippen LogP contribution in [0.1, 0.15) is 33.3 Å². The third kappa shape index (κ3) is 5.96. The smallest absolute Gasteiger partial charge is 0.291 e. The molecule has 37 heavy (non-hydrogen) atoms. The van der Waals surface area contributed by atoms with Gasteiger partial charge in [-0.2, -0.15) is 5.10 Å². The maximum atomic E-state index is 12.9. The van der Waals surface area contributed by atoms with Crippen LogP contribution in [0.5, 0.6) is 5.75 Å². The van der Waals surface area contributed by atoms with E-state index in [0.717, 1.165) is 11.3 Å². The van der Waals surface area contributed by atoms with Gasteiger partial charge in [-0.1, -0.05) is 87.3 Å². The number of halogens is 7. The summed E-state index contributed by atoms with van der Waals surface area (Å²) in [4.78, 5) is 12.9. The van der Waals surface area contributed by atoms with Crippen molar-refractivity contribution in [2.75, 3.05) is 5.32 Å². The molecule has 0 atom stereocenters. The van der Waals surface area contributed by atoms with Crippen molar-refractivity contribution in [3.63, 3.8) is 0 Å². The maximum absolute atomic E-state index is 12.9. The molecular weight excluding hydrogens is 626 g/mol. The summed E-state index contributed by atoms with van der Waals surface area (Å²) in [6, 6.07) is 8.47. The molecule has 2 aromatic heterocycles. The molecule has 2 heterocycles. The lowest BCUT2D eigenvalue weighted by Gasteiger charge is -2.12. The average molecular weight is 643 g/mol. The van der Waals surface area contributed by atoms with E-state index in [-0.39, 0.29) is 43.2 Å². The standard InChI is InChI=1S/C24H16Cl7N3O3/c1-10-22(11(2)34(33-10)8-12-3-5-14(25)15(26)7-12)32-24(35)16-6-4-13(37-16)9-36-23-20(30)18(28)17(27)19(29)21(23)31/h3-7H,8-9H2,1-2H3,(H,32,35). The summed E-state index contributed by atoms with van der Waals surface area (Å²) in [6.45, 7) is 4.00. The van der Waals surface area contributed by atoms with Gasteiger partial charge in [-0.3, -0.25) is 9.48 Å². The van der Waals surface area contributed by atoms with E-state index >= 15 is 0 Å². The molecule has 0 aliphatic rings. The molecule has 13 heteroatoms. The molecule has 0 bridgehead atoms. The monoisotopic (exact) mass is 639 g/mol. The zero-order valence-corrected chi connectivity index (χ0v) is 24.4. The Morgan fingerprint density at radius 3 is 2.22 bits per heavy atom. The van der Waals surface area contributed by atoms with Gasteiger partial charge in [-0.15, -0.1) is 0 Å². The second kappa shape index (κ2) is 11.5. The van der Waals surface area contributed by atoms with Gasteiger partial charge >= 0.3 is 0 Å². The lowest BCUT2D eigenvalue weighted by Crippen LogP contribution is -2.12. The van der Waals surface area contributed by atoms with Crippen LogP contribution >= 0.6 is 81.2 Å². The lowest BCUT2D eigenvalue weighted by molar-refractivity contribution is 0.0992. The van der Waals surface area contributed by atoms with Crippen molar-refractivity contribution in [3.8, 4) is 5.75 Å². The highest BCUT2D eigenvalue weighted by Crippen LogP contribution is 2.48. The molecule has 0 aliphatic carbocycles. The number of nitrogens with one attached hydrogen (secondary N) is 1. The molecule has 2 aromatic carbocycles. The minimum atomic E-state index is -0.458. The van der Waals surface area contributed by atoms with E-state index in [1.165, 1.54) is 6.07 Å². The number of furan rings is 1. The Bertz CT molecular complexity index is 1480. The van der Waals surface area contributed by atoms with Crippen molar-refractivity contribution in [2.45, 2.75) is 27.0 Å². The Balaban J connectivity index is 1.46. The first kappa shape index (κ1) is 28.2. The summed E-state index contributed by atoms with van der Waals surface area (Å²) < 4.78 is 13.1. The van der Waals surface area contributed by atoms with Crippen molar-refractivity contribution in [3.05, 3.63) is 94.0 Å². The quantitative estimate of drug-likeness (QED) is 0.161. The van der Waals surface area contributed by atoms with E-state index in [1.807, 2.05) is 13.0 Å². The minimum Gasteiger partial charge on any atom is -0.482 e. The Morgan fingerprint density at radius 1 is 0.919 bits per heavy atom. The molecule has 0 fully saturated rings. The zero-order chi connectivity index (χ0) is 27.0.